The number of hydrogen-bond donors (Lipinski definition) is 1. The first-order valence-corrected chi connectivity index (χ1v) is 11.6. The van der Waals surface area contributed by atoms with Crippen LogP contribution in [-0.2, 0) is 4.74 Å². The van der Waals surface area contributed by atoms with Crippen molar-refractivity contribution >= 4 is 28.6 Å². The molecule has 4 rings (SSSR count). The van der Waals surface area contributed by atoms with E-state index in [1.54, 1.807) is 50.2 Å². The second-order valence-electron chi connectivity index (χ2n) is 7.80. The van der Waals surface area contributed by atoms with Crippen LogP contribution >= 0.6 is 11.8 Å². The maximum absolute atomic E-state index is 16.1. The lowest BCUT2D eigenvalue weighted by molar-refractivity contribution is 0.0503. The summed E-state index contributed by atoms with van der Waals surface area (Å²) in [6.07, 6.45) is 1.69. The summed E-state index contributed by atoms with van der Waals surface area (Å²) >= 11 is 0.993. The van der Waals surface area contributed by atoms with Crippen molar-refractivity contribution < 1.29 is 18.3 Å². The Hall–Kier alpha value is -3.52. The molecule has 0 amide bonds. The highest BCUT2D eigenvalue weighted by Gasteiger charge is 2.27. The summed E-state index contributed by atoms with van der Waals surface area (Å²) in [4.78, 5) is 33.3. The molecular weight excluding hydrogens is 458 g/mol. The van der Waals surface area contributed by atoms with Crippen molar-refractivity contribution in [3.63, 3.8) is 0 Å². The second kappa shape index (κ2) is 9.77. The molecule has 0 fully saturated rings. The van der Waals surface area contributed by atoms with E-state index in [4.69, 9.17) is 4.74 Å². The number of H-pyrrole nitrogens is 1. The average molecular weight is 481 g/mol. The minimum absolute atomic E-state index is 0.0730. The summed E-state index contributed by atoms with van der Waals surface area (Å²) in [7, 11) is 0. The highest BCUT2D eigenvalue weighted by atomic mass is 32.2. The lowest BCUT2D eigenvalue weighted by Crippen LogP contribution is -2.20. The summed E-state index contributed by atoms with van der Waals surface area (Å²) < 4.78 is 36.9. The normalized spacial score (nSPS) is 11.1. The number of benzene rings is 2. The number of ether oxygens (including phenoxy) is 1. The van der Waals surface area contributed by atoms with Gasteiger partial charge in [0.2, 0.25) is 5.43 Å². The van der Waals surface area contributed by atoms with Gasteiger partial charge in [-0.25, -0.2) is 13.6 Å². The van der Waals surface area contributed by atoms with Crippen LogP contribution in [0.5, 0.6) is 0 Å². The number of carbonyl (C=O) groups excluding carboxylic acids is 1. The summed E-state index contributed by atoms with van der Waals surface area (Å²) in [5.41, 5.74) is -0.0281. The molecule has 0 spiro atoms. The average Bonchev–Trinajstić information content (AvgIpc) is 2.80. The number of rotatable bonds is 6. The maximum Gasteiger partial charge on any atom is 0.343 e. The number of nitrogens with one attached hydrogen (secondary N) is 1. The smallest absolute Gasteiger partial charge is 0.343 e. The van der Waals surface area contributed by atoms with Crippen LogP contribution in [0.1, 0.15) is 35.1 Å². The molecule has 0 radical (unpaired) electrons. The third-order valence-electron chi connectivity index (χ3n) is 5.16. The van der Waals surface area contributed by atoms with Gasteiger partial charge in [-0.15, -0.1) is 0 Å². The summed E-state index contributed by atoms with van der Waals surface area (Å²) in [6.45, 7) is 5.43. The van der Waals surface area contributed by atoms with Gasteiger partial charge >= 0.3 is 5.97 Å². The van der Waals surface area contributed by atoms with Crippen molar-refractivity contribution in [2.75, 3.05) is 6.61 Å². The van der Waals surface area contributed by atoms with E-state index >= 15 is 8.78 Å². The first kappa shape index (κ1) is 23.6. The topological polar surface area (TPSA) is 72.1 Å². The molecule has 174 valence electrons. The number of esters is 1. The predicted octanol–water partition coefficient (Wildman–Crippen LogP) is 6.20. The lowest BCUT2D eigenvalue weighted by Gasteiger charge is -2.15. The Kier molecular flexibility index (Phi) is 6.79. The third kappa shape index (κ3) is 4.46. The Morgan fingerprint density at radius 3 is 2.41 bits per heavy atom. The molecule has 8 heteroatoms. The molecule has 34 heavy (non-hydrogen) atoms. The Labute approximate surface area is 199 Å². The van der Waals surface area contributed by atoms with E-state index in [-0.39, 0.29) is 33.5 Å². The Morgan fingerprint density at radius 2 is 1.76 bits per heavy atom. The SMILES string of the molecule is CCCOC(=O)c1c[nH]c2c(F)c(-c3cc(C)nc(C)c3)c(F)c(Sc3ccccc3)c2c1=O. The van der Waals surface area contributed by atoms with Gasteiger partial charge in [-0.1, -0.05) is 36.9 Å². The first-order valence-electron chi connectivity index (χ1n) is 10.7. The number of aromatic nitrogens is 2. The Bertz CT molecular complexity index is 1430. The number of carbonyl (C=O) groups is 1. The van der Waals surface area contributed by atoms with E-state index in [9.17, 15) is 9.59 Å². The summed E-state index contributed by atoms with van der Waals surface area (Å²) in [5.74, 6) is -2.64. The van der Waals surface area contributed by atoms with Crippen molar-refractivity contribution in [2.24, 2.45) is 0 Å². The van der Waals surface area contributed by atoms with Crippen LogP contribution in [0.25, 0.3) is 22.0 Å². The van der Waals surface area contributed by atoms with Crippen molar-refractivity contribution in [2.45, 2.75) is 37.0 Å². The van der Waals surface area contributed by atoms with Gasteiger partial charge in [-0.3, -0.25) is 9.78 Å². The van der Waals surface area contributed by atoms with E-state index < -0.39 is 23.0 Å². The number of halogens is 2. The Balaban J connectivity index is 2.05. The number of pyridine rings is 2. The molecule has 2 heterocycles. The number of hydrogen-bond acceptors (Lipinski definition) is 5. The standard InChI is InChI=1S/C26H22F2N2O3S/c1-4-10-33-26(32)18-13-29-23-20(24(18)31)25(34-17-8-6-5-7-9-17)22(28)19(21(23)27)16-11-14(2)30-15(3)12-16/h5-9,11-13H,4,10H2,1-3H3,(H,29,31). The first-order chi connectivity index (χ1) is 16.3. The maximum atomic E-state index is 16.1. The zero-order valence-corrected chi connectivity index (χ0v) is 19.7. The molecule has 0 unspecified atom stereocenters. The number of aromatic amines is 1. The highest BCUT2D eigenvalue weighted by Crippen LogP contribution is 2.41. The second-order valence-corrected chi connectivity index (χ2v) is 8.89. The number of aryl methyl sites for hydroxylation is 2. The van der Waals surface area contributed by atoms with Gasteiger partial charge in [0.1, 0.15) is 11.4 Å². The van der Waals surface area contributed by atoms with Crippen LogP contribution in [0.3, 0.4) is 0 Å². The zero-order valence-electron chi connectivity index (χ0n) is 18.9. The quantitative estimate of drug-likeness (QED) is 0.333. The van der Waals surface area contributed by atoms with Crippen LogP contribution in [0.15, 0.2) is 63.2 Å². The van der Waals surface area contributed by atoms with Crippen LogP contribution in [0.4, 0.5) is 8.78 Å². The van der Waals surface area contributed by atoms with Gasteiger partial charge in [-0.2, -0.15) is 0 Å². The molecule has 2 aromatic carbocycles. The molecule has 1 N–H and O–H groups in total. The van der Waals surface area contributed by atoms with E-state index in [2.05, 4.69) is 9.97 Å². The fourth-order valence-corrected chi connectivity index (χ4v) is 4.74. The fraction of sp³-hybridized carbons (Fsp3) is 0.192. The predicted molar refractivity (Wildman–Crippen MR) is 128 cm³/mol. The molecule has 0 aliphatic heterocycles. The highest BCUT2D eigenvalue weighted by molar-refractivity contribution is 7.99. The number of nitrogens with zero attached hydrogens (tertiary/aromatic N) is 1. The lowest BCUT2D eigenvalue weighted by atomic mass is 10.00. The molecule has 0 bridgehead atoms. The molecule has 0 atom stereocenters. The minimum atomic E-state index is -0.916. The van der Waals surface area contributed by atoms with Gasteiger partial charge < -0.3 is 9.72 Å². The van der Waals surface area contributed by atoms with Crippen LogP contribution in [0, 0.1) is 25.5 Å². The van der Waals surface area contributed by atoms with Gasteiger partial charge in [0, 0.05) is 22.5 Å². The van der Waals surface area contributed by atoms with E-state index in [1.807, 2.05) is 13.0 Å². The van der Waals surface area contributed by atoms with Crippen molar-refractivity contribution in [1.29, 1.82) is 0 Å². The van der Waals surface area contributed by atoms with Crippen LogP contribution in [-0.4, -0.2) is 22.5 Å². The molecule has 0 aliphatic rings. The monoisotopic (exact) mass is 480 g/mol. The van der Waals surface area contributed by atoms with Crippen molar-refractivity contribution in [3.05, 3.63) is 87.5 Å². The van der Waals surface area contributed by atoms with Gasteiger partial charge in [0.25, 0.3) is 0 Å². The molecular formula is C26H22F2N2O3S. The van der Waals surface area contributed by atoms with Crippen molar-refractivity contribution in [1.82, 2.24) is 9.97 Å². The fourth-order valence-electron chi connectivity index (χ4n) is 3.72. The largest absolute Gasteiger partial charge is 0.462 e. The molecule has 0 saturated carbocycles. The minimum Gasteiger partial charge on any atom is -0.462 e. The zero-order chi connectivity index (χ0) is 24.4. The van der Waals surface area contributed by atoms with Crippen molar-refractivity contribution in [3.8, 4) is 11.1 Å². The van der Waals surface area contributed by atoms with Crippen LogP contribution in [0.2, 0.25) is 0 Å². The van der Waals surface area contributed by atoms with Crippen LogP contribution < -0.4 is 5.43 Å². The van der Waals surface area contributed by atoms with E-state index in [0.29, 0.717) is 28.3 Å². The Morgan fingerprint density at radius 1 is 1.09 bits per heavy atom. The molecule has 5 nitrogen and oxygen atoms in total. The molecule has 4 aromatic rings. The van der Waals surface area contributed by atoms with Gasteiger partial charge in [0.05, 0.1) is 28.0 Å². The van der Waals surface area contributed by atoms with E-state index in [0.717, 1.165) is 18.0 Å². The molecule has 0 saturated heterocycles. The summed E-state index contributed by atoms with van der Waals surface area (Å²) in [5, 5.41) is -0.235. The summed E-state index contributed by atoms with van der Waals surface area (Å²) in [6, 6.07) is 12.1. The van der Waals surface area contributed by atoms with Gasteiger partial charge in [0.15, 0.2) is 5.82 Å². The third-order valence-corrected chi connectivity index (χ3v) is 6.25. The number of fused-ring (bicyclic) bond motifs is 1. The van der Waals surface area contributed by atoms with E-state index in [1.165, 1.54) is 0 Å². The molecule has 2 aromatic heterocycles. The molecule has 0 aliphatic carbocycles. The van der Waals surface area contributed by atoms with Gasteiger partial charge in [-0.05, 0) is 50.1 Å².